The van der Waals surface area contributed by atoms with E-state index in [1.165, 1.54) is 18.2 Å². The minimum atomic E-state index is -4.45. The SMILES string of the molecule is C=C1N=C(C(=C/C(=C/CC)N(C(C)=S)C(C)(C)C(=O)CCC)/C(O)=C\C)Nn2c(CCC)nc(C)c21.CC.Cc1ccc(C#N)c(C(F)(F)F)c1. The van der Waals surface area contributed by atoms with Gasteiger partial charge in [-0.05, 0) is 85.1 Å². The van der Waals surface area contributed by atoms with Crippen LogP contribution in [0.2, 0.25) is 0 Å². The number of amidine groups is 1. The highest BCUT2D eigenvalue weighted by atomic mass is 32.1. The van der Waals surface area contributed by atoms with Crippen LogP contribution in [0.5, 0.6) is 0 Å². The topological polar surface area (TPSA) is 107 Å². The van der Waals surface area contributed by atoms with Crippen molar-refractivity contribution in [1.29, 1.82) is 5.26 Å². The third-order valence-corrected chi connectivity index (χ3v) is 7.92. The number of alkyl halides is 3. The van der Waals surface area contributed by atoms with E-state index in [9.17, 15) is 23.1 Å². The lowest BCUT2D eigenvalue weighted by Gasteiger charge is -2.39. The van der Waals surface area contributed by atoms with Gasteiger partial charge in [-0.1, -0.05) is 71.1 Å². The van der Waals surface area contributed by atoms with Gasteiger partial charge in [0.05, 0.1) is 44.7 Å². The summed E-state index contributed by atoms with van der Waals surface area (Å²) in [6.07, 6.45) is 4.67. The van der Waals surface area contributed by atoms with Gasteiger partial charge in [0.15, 0.2) is 11.6 Å². The number of ketones is 1. The molecular weight excluding hydrogens is 674 g/mol. The lowest BCUT2D eigenvalue weighted by atomic mass is 9.92. The summed E-state index contributed by atoms with van der Waals surface area (Å²) in [7, 11) is 0. The number of imidazole rings is 1. The Labute approximate surface area is 307 Å². The average molecular weight is 727 g/mol. The fourth-order valence-corrected chi connectivity index (χ4v) is 5.75. The number of fused-ring (bicyclic) bond motifs is 1. The maximum Gasteiger partial charge on any atom is 0.417 e. The quantitative estimate of drug-likeness (QED) is 0.135. The Morgan fingerprint density at radius 1 is 1.18 bits per heavy atom. The first-order valence-corrected chi connectivity index (χ1v) is 17.6. The number of halogens is 3. The molecule has 12 heteroatoms. The lowest BCUT2D eigenvalue weighted by molar-refractivity contribution is -0.137. The Morgan fingerprint density at radius 2 is 1.80 bits per heavy atom. The van der Waals surface area contributed by atoms with E-state index in [0.717, 1.165) is 48.2 Å². The van der Waals surface area contributed by atoms with E-state index in [1.54, 1.807) is 19.9 Å². The molecule has 0 unspecified atom stereocenters. The smallest absolute Gasteiger partial charge is 0.417 e. The largest absolute Gasteiger partial charge is 0.508 e. The number of benzene rings is 1. The number of nitrogens with one attached hydrogen (secondary N) is 1. The molecule has 8 nitrogen and oxygen atoms in total. The number of Topliss-reactive ketones (excluding diaryl/α,β-unsaturated/α-hetero) is 1. The maximum atomic E-state index is 13.1. The van der Waals surface area contributed by atoms with Gasteiger partial charge >= 0.3 is 6.18 Å². The van der Waals surface area contributed by atoms with Crippen LogP contribution in [0, 0.1) is 25.2 Å². The number of aryl methyl sites for hydroxylation is 3. The Bertz CT molecular complexity index is 1740. The standard InChI is InChI=1S/C28H41N5O2S.C9H6F3N.C2H6/c1-10-14-21(32(20(7)36)28(8,9)24(35)15-11-2)17-22(23(34)13-4)27-30-19(6)26-18(5)29-25(16-12-3)33(26)31-27;1-6-2-3-7(5-13)8(4-6)9(10,11)12;1-2/h13-14,17,34H,6,10-12,15-16H2,1-5,7-9H3,(H,30,31);2-4H,1H3;1-2H3/b21-14-,22-17+,23-13+;;. The van der Waals surface area contributed by atoms with E-state index in [2.05, 4.69) is 18.9 Å². The van der Waals surface area contributed by atoms with Crippen LogP contribution in [0.4, 0.5) is 13.2 Å². The zero-order valence-corrected chi connectivity index (χ0v) is 32.7. The van der Waals surface area contributed by atoms with Gasteiger partial charge in [-0.15, -0.1) is 0 Å². The summed E-state index contributed by atoms with van der Waals surface area (Å²) in [5.74, 6) is 1.48. The summed E-state index contributed by atoms with van der Waals surface area (Å²) in [5, 5.41) is 19.4. The fraction of sp³-hybridized carbons (Fsp3) is 0.462. The Morgan fingerprint density at radius 3 is 2.29 bits per heavy atom. The molecule has 278 valence electrons. The van der Waals surface area contributed by atoms with E-state index < -0.39 is 17.3 Å². The third-order valence-electron chi connectivity index (χ3n) is 7.74. The molecule has 0 saturated heterocycles. The van der Waals surface area contributed by atoms with E-state index in [-0.39, 0.29) is 17.1 Å². The van der Waals surface area contributed by atoms with E-state index >= 15 is 0 Å². The molecule has 0 fully saturated rings. The molecule has 2 N–H and O–H groups in total. The molecule has 1 aromatic heterocycles. The minimum Gasteiger partial charge on any atom is -0.508 e. The van der Waals surface area contributed by atoms with Gasteiger partial charge in [-0.3, -0.25) is 10.2 Å². The first-order valence-electron chi connectivity index (χ1n) is 17.2. The number of hydrogen-bond acceptors (Lipinski definition) is 7. The molecular formula is C39H53F3N6O2S. The molecule has 0 amide bonds. The Kier molecular flexibility index (Phi) is 17.3. The monoisotopic (exact) mass is 726 g/mol. The van der Waals surface area contributed by atoms with Crippen LogP contribution < -0.4 is 5.43 Å². The number of carbonyl (C=O) groups excluding carboxylic acids is 1. The van der Waals surface area contributed by atoms with Gasteiger partial charge in [0.1, 0.15) is 17.3 Å². The molecule has 0 spiro atoms. The van der Waals surface area contributed by atoms with Gasteiger partial charge in [0.25, 0.3) is 0 Å². The molecule has 0 aliphatic carbocycles. The second-order valence-electron chi connectivity index (χ2n) is 12.1. The molecule has 0 saturated carbocycles. The van der Waals surface area contributed by atoms with Crippen LogP contribution in [0.3, 0.4) is 0 Å². The zero-order chi connectivity index (χ0) is 39.3. The summed E-state index contributed by atoms with van der Waals surface area (Å²) in [4.78, 5) is 25.0. The average Bonchev–Trinajstić information content (AvgIpc) is 3.38. The molecule has 1 aliphatic heterocycles. The van der Waals surface area contributed by atoms with Crippen molar-refractivity contribution in [3.05, 3.63) is 93.9 Å². The van der Waals surface area contributed by atoms with E-state index in [1.807, 2.05) is 77.1 Å². The predicted molar refractivity (Wildman–Crippen MR) is 206 cm³/mol. The van der Waals surface area contributed by atoms with Gasteiger partial charge in [0, 0.05) is 18.5 Å². The predicted octanol–water partition coefficient (Wildman–Crippen LogP) is 10.5. The number of thiocarbonyl (C=S) groups is 1. The number of hydrogen-bond donors (Lipinski definition) is 2. The summed E-state index contributed by atoms with van der Waals surface area (Å²) < 4.78 is 38.7. The summed E-state index contributed by atoms with van der Waals surface area (Å²) in [6.45, 7) is 25.1. The van der Waals surface area contributed by atoms with Crippen LogP contribution in [0.25, 0.3) is 5.70 Å². The highest BCUT2D eigenvalue weighted by molar-refractivity contribution is 7.80. The fourth-order valence-electron chi connectivity index (χ4n) is 5.41. The van der Waals surface area contributed by atoms with Crippen LogP contribution in [-0.2, 0) is 17.4 Å². The molecule has 2 aromatic rings. The number of rotatable bonds is 11. The van der Waals surface area contributed by atoms with Gasteiger partial charge < -0.3 is 10.0 Å². The third kappa shape index (κ3) is 11.2. The number of allylic oxidation sites excluding steroid dienone is 3. The van der Waals surface area contributed by atoms with Crippen molar-refractivity contribution in [3.8, 4) is 6.07 Å². The zero-order valence-electron chi connectivity index (χ0n) is 31.8. The number of carbonyl (C=O) groups is 1. The van der Waals surface area contributed by atoms with Crippen LogP contribution >= 0.6 is 12.2 Å². The number of nitrogens with zero attached hydrogens (tertiary/aromatic N) is 5. The summed E-state index contributed by atoms with van der Waals surface area (Å²) >= 11 is 5.64. The molecule has 0 radical (unpaired) electrons. The van der Waals surface area contributed by atoms with Crippen molar-refractivity contribution in [2.75, 3.05) is 5.43 Å². The minimum absolute atomic E-state index is 0.0491. The second-order valence-corrected chi connectivity index (χ2v) is 12.7. The van der Waals surface area contributed by atoms with Crippen LogP contribution in [-0.4, -0.2) is 41.8 Å². The highest BCUT2D eigenvalue weighted by Crippen LogP contribution is 2.33. The summed E-state index contributed by atoms with van der Waals surface area (Å²) in [5.41, 5.74) is 5.21. The van der Waals surface area contributed by atoms with Crippen molar-refractivity contribution in [1.82, 2.24) is 14.6 Å². The molecule has 0 bridgehead atoms. The normalized spacial score (nSPS) is 13.4. The molecule has 1 aromatic carbocycles. The first-order chi connectivity index (χ1) is 23.9. The second kappa shape index (κ2) is 19.8. The number of aliphatic hydroxyl groups is 1. The Hall–Kier alpha value is -4.50. The molecule has 2 heterocycles. The van der Waals surface area contributed by atoms with Crippen LogP contribution in [0.1, 0.15) is 122 Å². The molecule has 1 aliphatic rings. The van der Waals surface area contributed by atoms with Crippen molar-refractivity contribution < 1.29 is 23.1 Å². The lowest BCUT2D eigenvalue weighted by Crippen LogP contribution is -2.51. The molecule has 3 rings (SSSR count). The van der Waals surface area contributed by atoms with Crippen molar-refractivity contribution >= 4 is 34.5 Å². The van der Waals surface area contributed by atoms with E-state index in [4.69, 9.17) is 27.5 Å². The number of aromatic nitrogens is 2. The maximum absolute atomic E-state index is 13.1. The van der Waals surface area contributed by atoms with Crippen molar-refractivity contribution in [3.63, 3.8) is 0 Å². The number of aliphatic imine (C=N–C) groups is 1. The first kappa shape index (κ1) is 44.5. The van der Waals surface area contributed by atoms with Gasteiger partial charge in [-0.25, -0.2) is 14.7 Å². The molecule has 0 atom stereocenters. The number of nitriles is 1. The Balaban J connectivity index is 0.000000721. The summed E-state index contributed by atoms with van der Waals surface area (Å²) in [6, 6.07) is 5.14. The number of aliphatic hydroxyl groups excluding tert-OH is 1. The van der Waals surface area contributed by atoms with Crippen molar-refractivity contribution in [2.45, 2.75) is 120 Å². The van der Waals surface area contributed by atoms with Crippen molar-refractivity contribution in [2.24, 2.45) is 4.99 Å². The highest BCUT2D eigenvalue weighted by Gasteiger charge is 2.36. The van der Waals surface area contributed by atoms with Gasteiger partial charge in [0.2, 0.25) is 0 Å². The van der Waals surface area contributed by atoms with Gasteiger partial charge in [-0.2, -0.15) is 18.4 Å². The molecule has 51 heavy (non-hydrogen) atoms. The van der Waals surface area contributed by atoms with E-state index in [0.29, 0.717) is 40.5 Å². The van der Waals surface area contributed by atoms with Crippen LogP contribution in [0.15, 0.2) is 65.0 Å².